The second-order valence-electron chi connectivity index (χ2n) is 8.76. The summed E-state index contributed by atoms with van der Waals surface area (Å²) in [6.07, 6.45) is 9.14. The topological polar surface area (TPSA) is 51.0 Å². The second kappa shape index (κ2) is 10.2. The lowest BCUT2D eigenvalue weighted by Crippen LogP contribution is -2.31. The van der Waals surface area contributed by atoms with Gasteiger partial charge in [-0.2, -0.15) is 0 Å². The number of carbonyl (C=O) groups is 1. The first kappa shape index (κ1) is 21.7. The number of amides is 1. The van der Waals surface area contributed by atoms with Crippen LogP contribution in [0.15, 0.2) is 53.0 Å². The zero-order valence-electron chi connectivity index (χ0n) is 18.4. The van der Waals surface area contributed by atoms with Gasteiger partial charge in [0, 0.05) is 30.4 Å². The summed E-state index contributed by atoms with van der Waals surface area (Å²) in [6.45, 7) is 1.73. The molecule has 1 amide bonds. The summed E-state index contributed by atoms with van der Waals surface area (Å²) >= 11 is 3.36. The van der Waals surface area contributed by atoms with Crippen LogP contribution in [0.1, 0.15) is 72.5 Å². The minimum atomic E-state index is -0.282. The van der Waals surface area contributed by atoms with E-state index in [0.717, 1.165) is 48.9 Å². The number of benzene rings is 1. The quantitative estimate of drug-likeness (QED) is 0.407. The molecule has 1 aliphatic carbocycles. The molecule has 5 rings (SSSR count). The predicted molar refractivity (Wildman–Crippen MR) is 130 cm³/mol. The smallest absolute Gasteiger partial charge is 0.240 e. The van der Waals surface area contributed by atoms with Gasteiger partial charge >= 0.3 is 0 Å². The lowest BCUT2D eigenvalue weighted by atomic mass is 9.95. The highest BCUT2D eigenvalue weighted by atomic mass is 32.2. The molecule has 2 aromatic heterocycles. The zero-order valence-corrected chi connectivity index (χ0v) is 20.0. The van der Waals surface area contributed by atoms with Gasteiger partial charge in [0.05, 0.1) is 0 Å². The fourth-order valence-electron chi connectivity index (χ4n) is 4.88. The molecule has 32 heavy (non-hydrogen) atoms. The summed E-state index contributed by atoms with van der Waals surface area (Å²) in [7, 11) is 0. The number of hydrogen-bond donors (Lipinski definition) is 0. The van der Waals surface area contributed by atoms with Crippen LogP contribution < -0.4 is 0 Å². The van der Waals surface area contributed by atoms with E-state index in [0.29, 0.717) is 6.04 Å². The third-order valence-electron chi connectivity index (χ3n) is 6.56. The molecule has 0 N–H and O–H groups in total. The molecule has 1 aliphatic heterocycles. The van der Waals surface area contributed by atoms with Gasteiger partial charge in [-0.25, -0.2) is 0 Å². The second-order valence-corrected chi connectivity index (χ2v) is 10.9. The first-order chi connectivity index (χ1) is 15.8. The fraction of sp³-hybridized carbons (Fsp3) is 0.480. The van der Waals surface area contributed by atoms with Crippen molar-refractivity contribution in [3.63, 3.8) is 0 Å². The van der Waals surface area contributed by atoms with Gasteiger partial charge in [0.15, 0.2) is 5.16 Å². The zero-order chi connectivity index (χ0) is 21.8. The lowest BCUT2D eigenvalue weighted by molar-refractivity contribution is -0.129. The standard InChI is InChI=1S/C25H30N4OS2/c30-24(28-15-7-8-16-28)23(19-10-3-1-4-11-19)32-25-27-26-22(18-21-14-9-17-31-21)29(25)20-12-5-2-6-13-20/h1,3-4,9-11,14,17,20,23H,2,5-8,12-13,15-16,18H2/t23-/m1/s1. The van der Waals surface area contributed by atoms with Crippen molar-refractivity contribution in [2.24, 2.45) is 0 Å². The molecule has 1 saturated heterocycles. The van der Waals surface area contributed by atoms with Crippen molar-refractivity contribution < 1.29 is 4.79 Å². The number of aromatic nitrogens is 3. The minimum absolute atomic E-state index is 0.205. The van der Waals surface area contributed by atoms with E-state index in [4.69, 9.17) is 0 Å². The van der Waals surface area contributed by atoms with Crippen molar-refractivity contribution in [3.8, 4) is 0 Å². The Morgan fingerprint density at radius 1 is 1.00 bits per heavy atom. The number of likely N-dealkylation sites (tertiary alicyclic amines) is 1. The van der Waals surface area contributed by atoms with Crippen molar-refractivity contribution in [1.82, 2.24) is 19.7 Å². The average Bonchev–Trinajstić information content (AvgIpc) is 3.61. The molecular weight excluding hydrogens is 436 g/mol. The van der Waals surface area contributed by atoms with Crippen LogP contribution in [0.2, 0.25) is 0 Å². The van der Waals surface area contributed by atoms with Crippen LogP contribution in [-0.2, 0) is 11.2 Å². The largest absolute Gasteiger partial charge is 0.341 e. The van der Waals surface area contributed by atoms with E-state index in [1.807, 2.05) is 23.1 Å². The van der Waals surface area contributed by atoms with Crippen LogP contribution >= 0.6 is 23.1 Å². The van der Waals surface area contributed by atoms with Gasteiger partial charge in [0.1, 0.15) is 11.1 Å². The highest BCUT2D eigenvalue weighted by Gasteiger charge is 2.32. The summed E-state index contributed by atoms with van der Waals surface area (Å²) in [5, 5.41) is 12.0. The van der Waals surface area contributed by atoms with Crippen LogP contribution in [0, 0.1) is 0 Å². The maximum Gasteiger partial charge on any atom is 0.240 e. The van der Waals surface area contributed by atoms with Crippen molar-refractivity contribution in [2.75, 3.05) is 13.1 Å². The summed E-state index contributed by atoms with van der Waals surface area (Å²) < 4.78 is 2.37. The van der Waals surface area contributed by atoms with E-state index in [1.165, 1.54) is 37.0 Å². The molecular formula is C25H30N4OS2. The van der Waals surface area contributed by atoms with E-state index >= 15 is 0 Å². The molecule has 2 aliphatic rings. The third kappa shape index (κ3) is 4.79. The highest BCUT2D eigenvalue weighted by Crippen LogP contribution is 2.40. The number of rotatable bonds is 7. The molecule has 1 aromatic carbocycles. The van der Waals surface area contributed by atoms with Crippen LogP contribution in [0.25, 0.3) is 0 Å². The Morgan fingerprint density at radius 3 is 2.50 bits per heavy atom. The summed E-state index contributed by atoms with van der Waals surface area (Å²) in [4.78, 5) is 16.9. The van der Waals surface area contributed by atoms with Crippen LogP contribution in [0.3, 0.4) is 0 Å². The van der Waals surface area contributed by atoms with Gasteiger partial charge < -0.3 is 9.47 Å². The molecule has 0 bridgehead atoms. The van der Waals surface area contributed by atoms with E-state index < -0.39 is 0 Å². The summed E-state index contributed by atoms with van der Waals surface area (Å²) in [6, 6.07) is 14.9. The van der Waals surface area contributed by atoms with Crippen molar-refractivity contribution in [1.29, 1.82) is 0 Å². The first-order valence-electron chi connectivity index (χ1n) is 11.8. The van der Waals surface area contributed by atoms with Gasteiger partial charge in [-0.15, -0.1) is 21.5 Å². The summed E-state index contributed by atoms with van der Waals surface area (Å²) in [5.41, 5.74) is 1.05. The number of carbonyl (C=O) groups excluding carboxylic acids is 1. The molecule has 1 atom stereocenters. The molecule has 0 radical (unpaired) electrons. The first-order valence-corrected chi connectivity index (χ1v) is 13.5. The monoisotopic (exact) mass is 466 g/mol. The Morgan fingerprint density at radius 2 is 1.78 bits per heavy atom. The Bertz CT molecular complexity index is 1010. The molecule has 3 aromatic rings. The third-order valence-corrected chi connectivity index (χ3v) is 8.63. The molecule has 168 valence electrons. The number of thioether (sulfide) groups is 1. The maximum absolute atomic E-state index is 13.6. The summed E-state index contributed by atoms with van der Waals surface area (Å²) in [5.74, 6) is 1.24. The number of nitrogens with zero attached hydrogens (tertiary/aromatic N) is 4. The highest BCUT2D eigenvalue weighted by molar-refractivity contribution is 8.00. The van der Waals surface area contributed by atoms with E-state index in [1.54, 1.807) is 23.1 Å². The van der Waals surface area contributed by atoms with Gasteiger partial charge in [0.25, 0.3) is 0 Å². The van der Waals surface area contributed by atoms with Gasteiger partial charge in [-0.1, -0.05) is 67.4 Å². The maximum atomic E-state index is 13.6. The van der Waals surface area contributed by atoms with Crippen molar-refractivity contribution in [2.45, 2.75) is 67.8 Å². The molecule has 0 unspecified atom stereocenters. The number of hydrogen-bond acceptors (Lipinski definition) is 5. The Hall–Kier alpha value is -2.12. The van der Waals surface area contributed by atoms with Crippen LogP contribution in [-0.4, -0.2) is 38.7 Å². The molecule has 7 heteroatoms. The van der Waals surface area contributed by atoms with Gasteiger partial charge in [-0.05, 0) is 42.7 Å². The van der Waals surface area contributed by atoms with Gasteiger partial charge in [0.2, 0.25) is 5.91 Å². The van der Waals surface area contributed by atoms with E-state index in [9.17, 15) is 4.79 Å². The SMILES string of the molecule is O=C([C@H](Sc1nnc(Cc2cccs2)n1C1CCCCC1)c1ccccc1)N1CCCC1. The molecule has 1 saturated carbocycles. The normalized spacial score (nSPS) is 18.2. The van der Waals surface area contributed by atoms with Crippen molar-refractivity contribution in [3.05, 3.63) is 64.1 Å². The fourth-order valence-corrected chi connectivity index (χ4v) is 6.79. The Labute approximate surface area is 198 Å². The Kier molecular flexibility index (Phi) is 6.93. The number of thiophene rings is 1. The molecule has 0 spiro atoms. The van der Waals surface area contributed by atoms with Crippen LogP contribution in [0.5, 0.6) is 0 Å². The van der Waals surface area contributed by atoms with E-state index in [2.05, 4.69) is 44.4 Å². The molecule has 2 fully saturated rings. The average molecular weight is 467 g/mol. The minimum Gasteiger partial charge on any atom is -0.341 e. The van der Waals surface area contributed by atoms with Gasteiger partial charge in [-0.3, -0.25) is 4.79 Å². The lowest BCUT2D eigenvalue weighted by Gasteiger charge is -2.27. The predicted octanol–water partition coefficient (Wildman–Crippen LogP) is 5.89. The van der Waals surface area contributed by atoms with Crippen LogP contribution in [0.4, 0.5) is 0 Å². The molecule has 3 heterocycles. The Balaban J connectivity index is 1.48. The van der Waals surface area contributed by atoms with E-state index in [-0.39, 0.29) is 11.2 Å². The molecule has 5 nitrogen and oxygen atoms in total. The van der Waals surface area contributed by atoms with Crippen molar-refractivity contribution >= 4 is 29.0 Å².